The molecule has 4 nitrogen and oxygen atoms in total. The lowest BCUT2D eigenvalue weighted by molar-refractivity contribution is 0.313. The Labute approximate surface area is 142 Å². The summed E-state index contributed by atoms with van der Waals surface area (Å²) >= 11 is 0. The summed E-state index contributed by atoms with van der Waals surface area (Å²) in [4.78, 5) is 4.82. The van der Waals surface area contributed by atoms with Gasteiger partial charge in [0.2, 0.25) is 0 Å². The van der Waals surface area contributed by atoms with Gasteiger partial charge < -0.3 is 9.80 Å². The zero-order valence-electron chi connectivity index (χ0n) is 14.0. The highest BCUT2D eigenvalue weighted by Gasteiger charge is 2.14. The highest BCUT2D eigenvalue weighted by molar-refractivity contribution is 5.82. The normalized spacial score (nSPS) is 15.8. The fourth-order valence-electron chi connectivity index (χ4n) is 3.24. The molecule has 24 heavy (non-hydrogen) atoms. The van der Waals surface area contributed by atoms with Crippen LogP contribution in [0.3, 0.4) is 0 Å². The number of hydrogen-bond donors (Lipinski definition) is 0. The summed E-state index contributed by atoms with van der Waals surface area (Å²) in [6, 6.07) is 15.0. The van der Waals surface area contributed by atoms with Crippen molar-refractivity contribution in [2.45, 2.75) is 0 Å². The minimum Gasteiger partial charge on any atom is -0.369 e. The van der Waals surface area contributed by atoms with Crippen molar-refractivity contribution in [1.29, 1.82) is 0 Å². The predicted octanol–water partition coefficient (Wildman–Crippen LogP) is 3.42. The van der Waals surface area contributed by atoms with Crippen LogP contribution in [-0.2, 0) is 0 Å². The molecule has 1 fully saturated rings. The third-order valence-electron chi connectivity index (χ3n) is 4.79. The summed E-state index contributed by atoms with van der Waals surface area (Å²) < 4.78 is 2.00. The number of rotatable bonds is 3. The van der Waals surface area contributed by atoms with Crippen LogP contribution in [0.1, 0.15) is 5.56 Å². The lowest BCUT2D eigenvalue weighted by Gasteiger charge is -2.34. The van der Waals surface area contributed by atoms with Gasteiger partial charge in [0.05, 0.1) is 17.4 Å². The minimum atomic E-state index is 1.09. The lowest BCUT2D eigenvalue weighted by atomic mass is 10.1. The minimum absolute atomic E-state index is 1.09. The second-order valence-electron chi connectivity index (χ2n) is 6.39. The van der Waals surface area contributed by atoms with E-state index >= 15 is 0 Å². The van der Waals surface area contributed by atoms with Gasteiger partial charge in [-0.2, -0.15) is 5.10 Å². The lowest BCUT2D eigenvalue weighted by Crippen LogP contribution is -2.44. The van der Waals surface area contributed by atoms with Crippen molar-refractivity contribution < 1.29 is 0 Å². The van der Waals surface area contributed by atoms with Gasteiger partial charge in [-0.1, -0.05) is 24.8 Å². The molecule has 1 saturated heterocycles. The van der Waals surface area contributed by atoms with Crippen LogP contribution in [-0.4, -0.2) is 47.9 Å². The zero-order chi connectivity index (χ0) is 16.5. The average molecular weight is 318 g/mol. The molecule has 4 rings (SSSR count). The van der Waals surface area contributed by atoms with Crippen molar-refractivity contribution in [3.05, 3.63) is 60.8 Å². The molecule has 3 aromatic rings. The molecule has 1 aliphatic heterocycles. The van der Waals surface area contributed by atoms with Crippen LogP contribution in [0, 0.1) is 0 Å². The molecule has 2 heterocycles. The number of hydrogen-bond acceptors (Lipinski definition) is 3. The van der Waals surface area contributed by atoms with E-state index in [1.54, 1.807) is 0 Å². The number of fused-ring (bicyclic) bond motifs is 1. The van der Waals surface area contributed by atoms with E-state index in [1.165, 1.54) is 5.69 Å². The van der Waals surface area contributed by atoms with Gasteiger partial charge in [-0.05, 0) is 42.9 Å². The first-order valence-corrected chi connectivity index (χ1v) is 8.39. The second-order valence-corrected chi connectivity index (χ2v) is 6.39. The summed E-state index contributed by atoms with van der Waals surface area (Å²) in [5.74, 6) is 0. The third-order valence-corrected chi connectivity index (χ3v) is 4.79. The highest BCUT2D eigenvalue weighted by Crippen LogP contribution is 2.23. The smallest absolute Gasteiger partial charge is 0.0747 e. The molecule has 0 radical (unpaired) electrons. The van der Waals surface area contributed by atoms with Gasteiger partial charge in [0.25, 0.3) is 0 Å². The van der Waals surface area contributed by atoms with Gasteiger partial charge >= 0.3 is 0 Å². The van der Waals surface area contributed by atoms with E-state index in [0.717, 1.165) is 48.3 Å². The van der Waals surface area contributed by atoms with E-state index < -0.39 is 0 Å². The molecule has 122 valence electrons. The summed E-state index contributed by atoms with van der Waals surface area (Å²) in [5, 5.41) is 5.70. The fourth-order valence-corrected chi connectivity index (χ4v) is 3.24. The number of piperazine rings is 1. The molecule has 0 saturated carbocycles. The van der Waals surface area contributed by atoms with Crippen molar-refractivity contribution >= 4 is 22.7 Å². The Bertz CT molecular complexity index is 855. The Morgan fingerprint density at radius 3 is 2.38 bits per heavy atom. The number of aromatic nitrogens is 2. The fraction of sp³-hybridized carbons (Fsp3) is 0.250. The number of nitrogens with zero attached hydrogens (tertiary/aromatic N) is 4. The SMILES string of the molecule is C=Cc1ccc2cnn(-c3ccc(N4CCN(C)CC4)cc3)c2c1. The molecule has 0 unspecified atom stereocenters. The largest absolute Gasteiger partial charge is 0.369 e. The van der Waals surface area contributed by atoms with Gasteiger partial charge in [-0.15, -0.1) is 0 Å². The third kappa shape index (κ3) is 2.69. The zero-order valence-corrected chi connectivity index (χ0v) is 14.0. The topological polar surface area (TPSA) is 24.3 Å². The summed E-state index contributed by atoms with van der Waals surface area (Å²) in [5.41, 5.74) is 4.59. The number of likely N-dealkylation sites (N-methyl/N-ethyl adjacent to an activating group) is 1. The molecule has 2 aromatic carbocycles. The first kappa shape index (κ1) is 15.0. The van der Waals surface area contributed by atoms with E-state index in [2.05, 4.69) is 71.0 Å². The molecule has 0 bridgehead atoms. The maximum Gasteiger partial charge on any atom is 0.0747 e. The molecule has 0 atom stereocenters. The molecule has 1 aromatic heterocycles. The van der Waals surface area contributed by atoms with E-state index in [0.29, 0.717) is 0 Å². The quantitative estimate of drug-likeness (QED) is 0.739. The van der Waals surface area contributed by atoms with E-state index in [-0.39, 0.29) is 0 Å². The molecule has 1 aliphatic rings. The Hall–Kier alpha value is -2.59. The van der Waals surface area contributed by atoms with Gasteiger partial charge in [-0.25, -0.2) is 4.68 Å². The average Bonchev–Trinajstić information content (AvgIpc) is 3.05. The van der Waals surface area contributed by atoms with Crippen LogP contribution in [0.4, 0.5) is 5.69 Å². The van der Waals surface area contributed by atoms with Crippen LogP contribution in [0.2, 0.25) is 0 Å². The van der Waals surface area contributed by atoms with Crippen LogP contribution in [0.25, 0.3) is 22.7 Å². The number of benzene rings is 2. The van der Waals surface area contributed by atoms with E-state index in [1.807, 2.05) is 17.0 Å². The van der Waals surface area contributed by atoms with Crippen molar-refractivity contribution in [2.75, 3.05) is 38.1 Å². The Morgan fingerprint density at radius 1 is 0.958 bits per heavy atom. The first-order chi connectivity index (χ1) is 11.7. The maximum absolute atomic E-state index is 4.56. The Balaban J connectivity index is 1.64. The second kappa shape index (κ2) is 6.13. The Kier molecular flexibility index (Phi) is 3.82. The predicted molar refractivity (Wildman–Crippen MR) is 101 cm³/mol. The van der Waals surface area contributed by atoms with Gasteiger partial charge in [0.1, 0.15) is 0 Å². The summed E-state index contributed by atoms with van der Waals surface area (Å²) in [6.45, 7) is 8.27. The number of anilines is 1. The van der Waals surface area contributed by atoms with Gasteiger partial charge in [-0.3, -0.25) is 0 Å². The van der Waals surface area contributed by atoms with Crippen LogP contribution in [0.5, 0.6) is 0 Å². The Morgan fingerprint density at radius 2 is 1.67 bits per heavy atom. The van der Waals surface area contributed by atoms with E-state index in [9.17, 15) is 0 Å². The van der Waals surface area contributed by atoms with Crippen molar-refractivity contribution in [3.63, 3.8) is 0 Å². The molecule has 0 spiro atoms. The van der Waals surface area contributed by atoms with Crippen LogP contribution >= 0.6 is 0 Å². The standard InChI is InChI=1S/C20H22N4/c1-3-16-4-5-17-15-21-24(20(17)14-16)19-8-6-18(7-9-19)23-12-10-22(2)11-13-23/h3-9,14-15H,1,10-13H2,2H3. The first-order valence-electron chi connectivity index (χ1n) is 8.39. The van der Waals surface area contributed by atoms with Crippen LogP contribution in [0.15, 0.2) is 55.2 Å². The summed E-state index contributed by atoms with van der Waals surface area (Å²) in [7, 11) is 2.18. The van der Waals surface area contributed by atoms with Crippen molar-refractivity contribution in [1.82, 2.24) is 14.7 Å². The highest BCUT2D eigenvalue weighted by atomic mass is 15.3. The van der Waals surface area contributed by atoms with Crippen molar-refractivity contribution in [2.24, 2.45) is 0 Å². The molecular formula is C20H22N4. The maximum atomic E-state index is 4.56. The van der Waals surface area contributed by atoms with Crippen molar-refractivity contribution in [3.8, 4) is 5.69 Å². The monoisotopic (exact) mass is 318 g/mol. The van der Waals surface area contributed by atoms with Crippen LogP contribution < -0.4 is 4.90 Å². The summed E-state index contributed by atoms with van der Waals surface area (Å²) in [6.07, 6.45) is 3.78. The molecular weight excluding hydrogens is 296 g/mol. The molecule has 0 amide bonds. The molecule has 4 heteroatoms. The van der Waals surface area contributed by atoms with E-state index in [4.69, 9.17) is 0 Å². The molecule has 0 aliphatic carbocycles. The molecule has 0 N–H and O–H groups in total. The van der Waals surface area contributed by atoms with Gasteiger partial charge in [0, 0.05) is 37.3 Å². The van der Waals surface area contributed by atoms with Gasteiger partial charge in [0.15, 0.2) is 0 Å².